The average Bonchev–Trinajstić information content (AvgIpc) is 3.51. The van der Waals surface area contributed by atoms with Gasteiger partial charge < -0.3 is 25.8 Å². The minimum Gasteiger partial charge on any atom is -0.354 e. The van der Waals surface area contributed by atoms with Crippen LogP contribution in [0.15, 0.2) is 85.3 Å². The summed E-state index contributed by atoms with van der Waals surface area (Å²) in [6, 6.07) is 21.2. The topological polar surface area (TPSA) is 117 Å². The van der Waals surface area contributed by atoms with Crippen LogP contribution in [0.1, 0.15) is 28.8 Å². The second kappa shape index (κ2) is 11.9. The molecule has 1 aliphatic rings. The molecule has 1 saturated heterocycles. The van der Waals surface area contributed by atoms with Crippen molar-refractivity contribution < 1.29 is 14.4 Å². The second-order valence-corrected chi connectivity index (χ2v) is 9.70. The molecule has 2 aromatic carbocycles. The number of hydrogen-bond donors (Lipinski definition) is 4. The summed E-state index contributed by atoms with van der Waals surface area (Å²) >= 11 is 0. The summed E-state index contributed by atoms with van der Waals surface area (Å²) in [5, 5.41) is 14.2. The minimum absolute atomic E-state index is 0.110. The molecule has 9 heteroatoms. The van der Waals surface area contributed by atoms with Gasteiger partial charge >= 0.3 is 0 Å². The Labute approximate surface area is 227 Å². The molecule has 4 N–H and O–H groups in total. The summed E-state index contributed by atoms with van der Waals surface area (Å²) in [4.78, 5) is 43.3. The maximum Gasteiger partial charge on any atom is 0.253 e. The Morgan fingerprint density at radius 3 is 2.38 bits per heavy atom. The van der Waals surface area contributed by atoms with Gasteiger partial charge in [0.1, 0.15) is 11.4 Å². The largest absolute Gasteiger partial charge is 0.354 e. The molecule has 3 amide bonds. The molecular formula is C30H32N6O3. The molecule has 4 aromatic rings. The molecule has 0 bridgehead atoms. The Balaban J connectivity index is 1.15. The van der Waals surface area contributed by atoms with Crippen LogP contribution < -0.4 is 21.3 Å². The van der Waals surface area contributed by atoms with Crippen LogP contribution in [-0.4, -0.2) is 59.0 Å². The van der Waals surface area contributed by atoms with Crippen LogP contribution in [0.3, 0.4) is 0 Å². The first kappa shape index (κ1) is 26.1. The molecule has 200 valence electrons. The van der Waals surface area contributed by atoms with Crippen LogP contribution in [0.4, 0.5) is 0 Å². The molecule has 5 rings (SSSR count). The van der Waals surface area contributed by atoms with Crippen molar-refractivity contribution in [3.63, 3.8) is 0 Å². The van der Waals surface area contributed by atoms with Crippen molar-refractivity contribution in [2.75, 3.05) is 26.2 Å². The van der Waals surface area contributed by atoms with Crippen molar-refractivity contribution in [2.24, 2.45) is 0 Å². The van der Waals surface area contributed by atoms with E-state index in [0.29, 0.717) is 43.9 Å². The zero-order valence-electron chi connectivity index (χ0n) is 21.7. The van der Waals surface area contributed by atoms with E-state index in [1.54, 1.807) is 12.1 Å². The number of fused-ring (bicyclic) bond motifs is 1. The van der Waals surface area contributed by atoms with E-state index in [2.05, 4.69) is 26.3 Å². The summed E-state index contributed by atoms with van der Waals surface area (Å²) in [5.41, 5.74) is 0.313. The third-order valence-corrected chi connectivity index (χ3v) is 7.09. The number of nitrogens with zero attached hydrogens (tertiary/aromatic N) is 2. The summed E-state index contributed by atoms with van der Waals surface area (Å²) in [7, 11) is 0. The van der Waals surface area contributed by atoms with Gasteiger partial charge in [0.2, 0.25) is 11.8 Å². The maximum atomic E-state index is 13.3. The lowest BCUT2D eigenvalue weighted by Gasteiger charge is -2.37. The van der Waals surface area contributed by atoms with Gasteiger partial charge in [0.15, 0.2) is 0 Å². The number of nitrogens with one attached hydrogen (secondary N) is 4. The van der Waals surface area contributed by atoms with Crippen molar-refractivity contribution in [3.8, 4) is 5.82 Å². The molecule has 0 aliphatic carbocycles. The summed E-state index contributed by atoms with van der Waals surface area (Å²) in [6.07, 6.45) is 6.46. The predicted molar refractivity (Wildman–Crippen MR) is 150 cm³/mol. The highest BCUT2D eigenvalue weighted by molar-refractivity contribution is 5.99. The average molecular weight is 525 g/mol. The minimum atomic E-state index is -1.03. The van der Waals surface area contributed by atoms with E-state index in [1.807, 2.05) is 71.6 Å². The van der Waals surface area contributed by atoms with Crippen LogP contribution in [0.25, 0.3) is 16.6 Å². The third-order valence-electron chi connectivity index (χ3n) is 7.09. The number of pyridine rings is 1. The SMILES string of the molecule is O=C(Cc1cccc2ccccc12)NCCNC(=O)C1(NC(=O)c2ccc(-n3cccc3)nc2)CCNCC1. The van der Waals surface area contributed by atoms with E-state index in [0.717, 1.165) is 16.3 Å². The van der Waals surface area contributed by atoms with E-state index in [1.165, 1.54) is 6.20 Å². The van der Waals surface area contributed by atoms with Crippen molar-refractivity contribution in [2.45, 2.75) is 24.8 Å². The van der Waals surface area contributed by atoms with E-state index in [4.69, 9.17) is 0 Å². The standard InChI is InChI=1S/C30H32N6O3/c37-27(20-23-8-5-7-22-6-1-2-9-25(22)23)32-16-17-33-29(39)30(12-14-31-15-13-30)35-28(38)24-10-11-26(34-21-24)36-18-3-4-19-36/h1-11,18-19,21,31H,12-17,20H2,(H,32,37)(H,33,39)(H,35,38). The number of benzene rings is 2. The number of aromatic nitrogens is 2. The summed E-state index contributed by atoms with van der Waals surface area (Å²) < 4.78 is 1.85. The van der Waals surface area contributed by atoms with Crippen molar-refractivity contribution >= 4 is 28.5 Å². The van der Waals surface area contributed by atoms with Crippen molar-refractivity contribution in [1.29, 1.82) is 0 Å². The Hall–Kier alpha value is -4.50. The van der Waals surface area contributed by atoms with Gasteiger partial charge in [0, 0.05) is 31.7 Å². The number of carbonyl (C=O) groups excluding carboxylic acids is 3. The van der Waals surface area contributed by atoms with E-state index in [-0.39, 0.29) is 30.7 Å². The monoisotopic (exact) mass is 524 g/mol. The molecule has 0 saturated carbocycles. The molecule has 0 spiro atoms. The van der Waals surface area contributed by atoms with Gasteiger partial charge in [-0.2, -0.15) is 0 Å². The van der Waals surface area contributed by atoms with E-state index >= 15 is 0 Å². The molecule has 3 heterocycles. The summed E-state index contributed by atoms with van der Waals surface area (Å²) in [6.45, 7) is 1.78. The fraction of sp³-hybridized carbons (Fsp3) is 0.267. The van der Waals surface area contributed by atoms with Gasteiger partial charge in [-0.25, -0.2) is 4.98 Å². The van der Waals surface area contributed by atoms with Gasteiger partial charge in [-0.1, -0.05) is 42.5 Å². The van der Waals surface area contributed by atoms with Gasteiger partial charge in [-0.15, -0.1) is 0 Å². The van der Waals surface area contributed by atoms with Gasteiger partial charge in [0.05, 0.1) is 12.0 Å². The highest BCUT2D eigenvalue weighted by atomic mass is 16.2. The molecule has 2 aromatic heterocycles. The van der Waals surface area contributed by atoms with Crippen LogP contribution in [-0.2, 0) is 16.0 Å². The molecule has 1 aliphatic heterocycles. The quantitative estimate of drug-likeness (QED) is 0.251. The third kappa shape index (κ3) is 6.15. The van der Waals surface area contributed by atoms with E-state index in [9.17, 15) is 14.4 Å². The molecule has 0 radical (unpaired) electrons. The second-order valence-electron chi connectivity index (χ2n) is 9.70. The fourth-order valence-electron chi connectivity index (χ4n) is 4.94. The first-order valence-corrected chi connectivity index (χ1v) is 13.2. The van der Waals surface area contributed by atoms with E-state index < -0.39 is 5.54 Å². The Kier molecular flexibility index (Phi) is 7.98. The van der Waals surface area contributed by atoms with Crippen molar-refractivity contribution in [3.05, 3.63) is 96.4 Å². The van der Waals surface area contributed by atoms with Crippen LogP contribution in [0.5, 0.6) is 0 Å². The highest BCUT2D eigenvalue weighted by Gasteiger charge is 2.41. The predicted octanol–water partition coefficient (Wildman–Crippen LogP) is 2.35. The molecule has 9 nitrogen and oxygen atoms in total. The number of hydrogen-bond acceptors (Lipinski definition) is 5. The Bertz CT molecular complexity index is 1440. The zero-order valence-corrected chi connectivity index (χ0v) is 21.7. The number of rotatable bonds is 9. The molecule has 1 fully saturated rings. The highest BCUT2D eigenvalue weighted by Crippen LogP contribution is 2.21. The molecule has 39 heavy (non-hydrogen) atoms. The van der Waals surface area contributed by atoms with Crippen molar-refractivity contribution in [1.82, 2.24) is 30.8 Å². The lowest BCUT2D eigenvalue weighted by molar-refractivity contribution is -0.128. The van der Waals surface area contributed by atoms with Crippen LogP contribution >= 0.6 is 0 Å². The fourth-order valence-corrected chi connectivity index (χ4v) is 4.94. The molecular weight excluding hydrogens is 492 g/mol. The lowest BCUT2D eigenvalue weighted by Crippen LogP contribution is -2.63. The number of carbonyl (C=O) groups is 3. The molecule has 0 unspecified atom stereocenters. The first-order chi connectivity index (χ1) is 19.0. The normalized spacial score (nSPS) is 14.5. The Morgan fingerprint density at radius 1 is 0.872 bits per heavy atom. The van der Waals surface area contributed by atoms with Gasteiger partial charge in [-0.05, 0) is 66.5 Å². The first-order valence-electron chi connectivity index (χ1n) is 13.2. The maximum absolute atomic E-state index is 13.3. The Morgan fingerprint density at radius 2 is 1.62 bits per heavy atom. The molecule has 0 atom stereocenters. The lowest BCUT2D eigenvalue weighted by atomic mass is 9.86. The van der Waals surface area contributed by atoms with Crippen LogP contribution in [0.2, 0.25) is 0 Å². The van der Waals surface area contributed by atoms with Crippen LogP contribution in [0, 0.1) is 0 Å². The summed E-state index contributed by atoms with van der Waals surface area (Å²) in [5.74, 6) is -0.00529. The van der Waals surface area contributed by atoms with Gasteiger partial charge in [0.25, 0.3) is 5.91 Å². The number of amides is 3. The zero-order chi connectivity index (χ0) is 27.1. The van der Waals surface area contributed by atoms with Gasteiger partial charge in [-0.3, -0.25) is 14.4 Å². The smallest absolute Gasteiger partial charge is 0.253 e. The number of piperidine rings is 1.